The zero-order chi connectivity index (χ0) is 18.2. The summed E-state index contributed by atoms with van der Waals surface area (Å²) in [5.41, 5.74) is 2.38. The summed E-state index contributed by atoms with van der Waals surface area (Å²) in [5.74, 6) is 2.24. The molecule has 0 amide bonds. The van der Waals surface area contributed by atoms with Crippen LogP contribution in [0, 0.1) is 0 Å². The molecule has 0 N–H and O–H groups in total. The van der Waals surface area contributed by atoms with E-state index < -0.39 is 0 Å². The third-order valence-electron chi connectivity index (χ3n) is 3.45. The van der Waals surface area contributed by atoms with Crippen LogP contribution in [-0.4, -0.2) is 42.3 Å². The molecule has 0 unspecified atom stereocenters. The first-order chi connectivity index (χ1) is 12.1. The van der Waals surface area contributed by atoms with Gasteiger partial charge in [-0.3, -0.25) is 0 Å². The van der Waals surface area contributed by atoms with Gasteiger partial charge in [-0.05, 0) is 0 Å². The average Bonchev–Trinajstić information content (AvgIpc) is 2.61. The molecular weight excluding hydrogens is 387 g/mol. The number of hydrogen-bond acceptors (Lipinski definition) is 5. The van der Waals surface area contributed by atoms with E-state index in [9.17, 15) is 4.79 Å². The van der Waals surface area contributed by atoms with E-state index in [0.29, 0.717) is 38.0 Å². The van der Waals surface area contributed by atoms with Crippen molar-refractivity contribution in [2.75, 3.05) is 21.3 Å². The molecule has 0 aliphatic carbocycles. The number of methoxy groups -OCH3 is 3. The molecule has 0 saturated carbocycles. The monoisotopic (exact) mass is 410 g/mol. The summed E-state index contributed by atoms with van der Waals surface area (Å²) in [6.45, 7) is 1.40. The SMILES string of the molecule is COc1cc(C[Se]Cc2ccc(OC(C)=O)cc2)cc(OC)c1OC. The number of hydrogen-bond donors (Lipinski definition) is 0. The predicted molar refractivity (Wildman–Crippen MR) is 97.0 cm³/mol. The van der Waals surface area contributed by atoms with Crippen molar-refractivity contribution in [1.29, 1.82) is 0 Å². The van der Waals surface area contributed by atoms with Gasteiger partial charge in [0.25, 0.3) is 0 Å². The normalized spacial score (nSPS) is 10.2. The van der Waals surface area contributed by atoms with Crippen molar-refractivity contribution in [3.8, 4) is 23.0 Å². The van der Waals surface area contributed by atoms with E-state index in [1.54, 1.807) is 21.3 Å². The van der Waals surface area contributed by atoms with Gasteiger partial charge in [0.2, 0.25) is 0 Å². The molecule has 2 aromatic rings. The fraction of sp³-hybridized carbons (Fsp3) is 0.316. The Morgan fingerprint density at radius 1 is 0.880 bits per heavy atom. The third kappa shape index (κ3) is 5.41. The van der Waals surface area contributed by atoms with Crippen LogP contribution >= 0.6 is 0 Å². The predicted octanol–water partition coefficient (Wildman–Crippen LogP) is 3.04. The van der Waals surface area contributed by atoms with Crippen molar-refractivity contribution in [2.45, 2.75) is 17.6 Å². The quantitative estimate of drug-likeness (QED) is 0.381. The maximum absolute atomic E-state index is 10.9. The van der Waals surface area contributed by atoms with Crippen molar-refractivity contribution in [1.82, 2.24) is 0 Å². The number of rotatable bonds is 8. The Morgan fingerprint density at radius 2 is 1.44 bits per heavy atom. The first-order valence-electron chi connectivity index (χ1n) is 7.71. The summed E-state index contributed by atoms with van der Waals surface area (Å²) < 4.78 is 21.2. The Balaban J connectivity index is 1.98. The minimum absolute atomic E-state index is 0.306. The summed E-state index contributed by atoms with van der Waals surface area (Å²) in [6, 6.07) is 11.6. The van der Waals surface area contributed by atoms with Crippen molar-refractivity contribution in [3.05, 3.63) is 47.5 Å². The first-order valence-corrected chi connectivity index (χ1v) is 10.1. The Hall–Kier alpha value is -2.17. The Kier molecular flexibility index (Phi) is 7.16. The molecule has 0 aliphatic heterocycles. The molecule has 2 aromatic carbocycles. The molecule has 0 aromatic heterocycles. The van der Waals surface area contributed by atoms with Crippen molar-refractivity contribution >= 4 is 20.9 Å². The Labute approximate surface area is 154 Å². The van der Waals surface area contributed by atoms with Crippen LogP contribution in [0.15, 0.2) is 36.4 Å². The van der Waals surface area contributed by atoms with E-state index in [1.807, 2.05) is 36.4 Å². The maximum atomic E-state index is 10.9. The van der Waals surface area contributed by atoms with E-state index in [0.717, 1.165) is 16.2 Å². The number of benzene rings is 2. The second-order valence-corrected chi connectivity index (χ2v) is 7.33. The van der Waals surface area contributed by atoms with Gasteiger partial charge in [-0.2, -0.15) is 0 Å². The number of carbonyl (C=O) groups is 1. The van der Waals surface area contributed by atoms with Crippen LogP contribution in [0.4, 0.5) is 0 Å². The number of esters is 1. The van der Waals surface area contributed by atoms with Gasteiger partial charge >= 0.3 is 154 Å². The van der Waals surface area contributed by atoms with Gasteiger partial charge in [0, 0.05) is 0 Å². The van der Waals surface area contributed by atoms with Crippen LogP contribution in [0.5, 0.6) is 23.0 Å². The van der Waals surface area contributed by atoms with E-state index in [4.69, 9.17) is 18.9 Å². The number of ether oxygens (including phenoxy) is 4. The standard InChI is InChI=1S/C19H22O5Se/c1-13(20)24-16-7-5-14(6-8-16)11-25-12-15-9-17(21-2)19(23-4)18(10-15)22-3/h5-10H,11-12H2,1-4H3. The van der Waals surface area contributed by atoms with E-state index in [-0.39, 0.29) is 5.97 Å². The zero-order valence-electron chi connectivity index (χ0n) is 14.8. The molecule has 0 fully saturated rings. The molecule has 0 aliphatic rings. The zero-order valence-corrected chi connectivity index (χ0v) is 16.5. The topological polar surface area (TPSA) is 54.0 Å². The Bertz CT molecular complexity index is 687. The molecule has 0 spiro atoms. The van der Waals surface area contributed by atoms with Gasteiger partial charge in [-0.25, -0.2) is 0 Å². The molecule has 0 heterocycles. The molecule has 0 bridgehead atoms. The van der Waals surface area contributed by atoms with Crippen molar-refractivity contribution in [2.24, 2.45) is 0 Å². The van der Waals surface area contributed by atoms with Crippen LogP contribution in [0.1, 0.15) is 18.1 Å². The fourth-order valence-electron chi connectivity index (χ4n) is 2.33. The van der Waals surface area contributed by atoms with Gasteiger partial charge < -0.3 is 0 Å². The molecule has 0 saturated heterocycles. The van der Waals surface area contributed by atoms with E-state index in [2.05, 4.69) is 0 Å². The summed E-state index contributed by atoms with van der Waals surface area (Å²) >= 11 is 0.383. The van der Waals surface area contributed by atoms with E-state index in [1.165, 1.54) is 12.5 Å². The number of carbonyl (C=O) groups excluding carboxylic acids is 1. The molecule has 0 radical (unpaired) electrons. The van der Waals surface area contributed by atoms with Gasteiger partial charge in [0.15, 0.2) is 0 Å². The molecule has 25 heavy (non-hydrogen) atoms. The molecular formula is C19H22O5Se. The van der Waals surface area contributed by atoms with Gasteiger partial charge in [0.1, 0.15) is 0 Å². The molecule has 5 nitrogen and oxygen atoms in total. The first kappa shape index (κ1) is 19.2. The minimum atomic E-state index is -0.306. The molecule has 0 atom stereocenters. The van der Waals surface area contributed by atoms with Crippen LogP contribution in [0.25, 0.3) is 0 Å². The second-order valence-electron chi connectivity index (χ2n) is 5.26. The van der Waals surface area contributed by atoms with Crippen molar-refractivity contribution < 1.29 is 23.7 Å². The van der Waals surface area contributed by atoms with Gasteiger partial charge in [0.05, 0.1) is 0 Å². The molecule has 2 rings (SSSR count). The van der Waals surface area contributed by atoms with Crippen LogP contribution in [0.2, 0.25) is 0 Å². The second kappa shape index (κ2) is 9.35. The van der Waals surface area contributed by atoms with Crippen molar-refractivity contribution in [3.63, 3.8) is 0 Å². The summed E-state index contributed by atoms with van der Waals surface area (Å²) in [5, 5.41) is 1.94. The fourth-order valence-corrected chi connectivity index (χ4v) is 4.28. The Morgan fingerprint density at radius 3 is 1.92 bits per heavy atom. The molecule has 134 valence electrons. The van der Waals surface area contributed by atoms with Crippen LogP contribution in [-0.2, 0) is 15.4 Å². The summed E-state index contributed by atoms with van der Waals surface area (Å²) in [7, 11) is 4.84. The van der Waals surface area contributed by atoms with Gasteiger partial charge in [-0.15, -0.1) is 0 Å². The van der Waals surface area contributed by atoms with E-state index >= 15 is 0 Å². The third-order valence-corrected chi connectivity index (χ3v) is 5.70. The van der Waals surface area contributed by atoms with Crippen LogP contribution in [0.3, 0.4) is 0 Å². The summed E-state index contributed by atoms with van der Waals surface area (Å²) in [6.07, 6.45) is 0. The van der Waals surface area contributed by atoms with Crippen LogP contribution < -0.4 is 18.9 Å². The summed E-state index contributed by atoms with van der Waals surface area (Å²) in [4.78, 5) is 10.9. The molecule has 6 heteroatoms. The average molecular weight is 409 g/mol. The van der Waals surface area contributed by atoms with Gasteiger partial charge in [-0.1, -0.05) is 0 Å².